The molecule has 194 valence electrons. The van der Waals surface area contributed by atoms with Crippen molar-refractivity contribution in [2.75, 3.05) is 5.32 Å². The maximum Gasteiger partial charge on any atom is 0.471 e. The molecule has 2 N–H and O–H groups in total. The minimum atomic E-state index is -5.16. The molecule has 0 aliphatic heterocycles. The molecule has 10 heteroatoms. The third-order valence-corrected chi connectivity index (χ3v) is 7.76. The third kappa shape index (κ3) is 4.33. The van der Waals surface area contributed by atoms with E-state index in [-0.39, 0.29) is 24.2 Å². The molecule has 3 aromatic rings. The molecule has 2 aromatic carbocycles. The van der Waals surface area contributed by atoms with Crippen LogP contribution in [0.15, 0.2) is 54.2 Å². The summed E-state index contributed by atoms with van der Waals surface area (Å²) < 4.78 is 67.8. The van der Waals surface area contributed by atoms with Crippen LogP contribution in [0.2, 0.25) is 0 Å². The van der Waals surface area contributed by atoms with Gasteiger partial charge in [0.1, 0.15) is 11.6 Å². The average Bonchev–Trinajstić information content (AvgIpc) is 3.35. The molecular formula is C27H24F5N3O2. The zero-order valence-corrected chi connectivity index (χ0v) is 19.9. The zero-order valence-electron chi connectivity index (χ0n) is 19.9. The number of aliphatic hydroxyl groups is 1. The number of hydrogen-bond donors (Lipinski definition) is 2. The molecule has 0 saturated heterocycles. The summed E-state index contributed by atoms with van der Waals surface area (Å²) in [6.45, 7) is 1.95. The number of amides is 1. The van der Waals surface area contributed by atoms with Gasteiger partial charge >= 0.3 is 12.1 Å². The van der Waals surface area contributed by atoms with E-state index in [9.17, 15) is 31.9 Å². The van der Waals surface area contributed by atoms with Crippen LogP contribution in [0.1, 0.15) is 43.0 Å². The Bertz CT molecular complexity index is 1400. The van der Waals surface area contributed by atoms with Gasteiger partial charge in [0.05, 0.1) is 28.9 Å². The van der Waals surface area contributed by atoms with Crippen molar-refractivity contribution in [1.29, 1.82) is 0 Å². The van der Waals surface area contributed by atoms with Crippen LogP contribution >= 0.6 is 0 Å². The molecule has 5 rings (SSSR count). The number of aryl methyl sites for hydroxylation is 1. The van der Waals surface area contributed by atoms with Crippen molar-refractivity contribution in [2.24, 2.45) is 5.41 Å². The minimum absolute atomic E-state index is 0.0618. The molecule has 0 radical (unpaired) electrons. The molecule has 2 aliphatic carbocycles. The van der Waals surface area contributed by atoms with E-state index in [0.717, 1.165) is 22.9 Å². The van der Waals surface area contributed by atoms with Crippen LogP contribution in [0.5, 0.6) is 0 Å². The number of anilines is 1. The first-order chi connectivity index (χ1) is 17.4. The second kappa shape index (κ2) is 8.79. The largest absolute Gasteiger partial charge is 0.471 e. The zero-order chi connectivity index (χ0) is 26.6. The Morgan fingerprint density at radius 2 is 1.89 bits per heavy atom. The SMILES string of the molecule is C[C@]12Cc3cnn(-c4ccc(F)cc4)c3C=C1CC[C@@]2(O)CCc1cccc(F)c1NC(=O)C(F)(F)F. The quantitative estimate of drug-likeness (QED) is 0.424. The van der Waals surface area contributed by atoms with Crippen LogP contribution in [0.3, 0.4) is 0 Å². The molecule has 37 heavy (non-hydrogen) atoms. The van der Waals surface area contributed by atoms with Crippen LogP contribution in [-0.2, 0) is 17.6 Å². The van der Waals surface area contributed by atoms with Crippen LogP contribution in [0.25, 0.3) is 11.8 Å². The molecule has 2 atom stereocenters. The normalized spacial score (nSPS) is 22.8. The molecule has 0 spiro atoms. The van der Waals surface area contributed by atoms with E-state index in [1.165, 1.54) is 24.3 Å². The van der Waals surface area contributed by atoms with Gasteiger partial charge in [0.25, 0.3) is 0 Å². The number of nitrogens with zero attached hydrogens (tertiary/aromatic N) is 2. The van der Waals surface area contributed by atoms with Crippen molar-refractivity contribution >= 4 is 17.7 Å². The van der Waals surface area contributed by atoms with Gasteiger partial charge in [-0.1, -0.05) is 24.6 Å². The fourth-order valence-corrected chi connectivity index (χ4v) is 5.56. The molecule has 1 amide bonds. The van der Waals surface area contributed by atoms with Crippen molar-refractivity contribution in [3.8, 4) is 5.69 Å². The summed E-state index contributed by atoms with van der Waals surface area (Å²) in [6.07, 6.45) is 0.261. The summed E-state index contributed by atoms with van der Waals surface area (Å²) in [7, 11) is 0. The first-order valence-corrected chi connectivity index (χ1v) is 11.8. The van der Waals surface area contributed by atoms with Gasteiger partial charge in [-0.3, -0.25) is 4.79 Å². The number of hydrogen-bond acceptors (Lipinski definition) is 3. The van der Waals surface area contributed by atoms with Crippen LogP contribution in [0, 0.1) is 17.0 Å². The molecule has 0 bridgehead atoms. The number of aromatic nitrogens is 2. The lowest BCUT2D eigenvalue weighted by molar-refractivity contribution is -0.167. The summed E-state index contributed by atoms with van der Waals surface area (Å²) >= 11 is 0. The highest BCUT2D eigenvalue weighted by Crippen LogP contribution is 2.57. The van der Waals surface area contributed by atoms with Gasteiger partial charge in [-0.05, 0) is 79.6 Å². The second-order valence-electron chi connectivity index (χ2n) is 9.88. The number of rotatable bonds is 5. The van der Waals surface area contributed by atoms with Gasteiger partial charge in [0, 0.05) is 5.41 Å². The Labute approximate surface area is 209 Å². The van der Waals surface area contributed by atoms with Gasteiger partial charge in [-0.2, -0.15) is 18.3 Å². The minimum Gasteiger partial charge on any atom is -0.389 e. The number of nitrogens with one attached hydrogen (secondary N) is 1. The molecule has 5 nitrogen and oxygen atoms in total. The average molecular weight is 517 g/mol. The standard InChI is InChI=1S/C27H24F5N3O2/c1-25-14-17-15-33-35(20-7-5-19(28)6-8-20)22(17)13-18(25)10-12-26(25,37)11-9-16-3-2-4-21(29)23(16)34-24(36)27(30,31)32/h2-8,13,15,37H,9-12,14H2,1H3,(H,34,36)/t25-,26-/m0/s1. The van der Waals surface area contributed by atoms with E-state index < -0.39 is 34.6 Å². The Hall–Kier alpha value is -3.53. The predicted molar refractivity (Wildman–Crippen MR) is 127 cm³/mol. The van der Waals surface area contributed by atoms with Crippen molar-refractivity contribution in [3.05, 3.63) is 82.7 Å². The maximum absolute atomic E-state index is 14.4. The van der Waals surface area contributed by atoms with Crippen molar-refractivity contribution < 1.29 is 31.9 Å². The van der Waals surface area contributed by atoms with Crippen molar-refractivity contribution in [2.45, 2.75) is 50.8 Å². The van der Waals surface area contributed by atoms with Gasteiger partial charge in [-0.15, -0.1) is 0 Å². The molecule has 1 aromatic heterocycles. The number of para-hydroxylation sites is 1. The number of alkyl halides is 3. The number of benzene rings is 2. The Morgan fingerprint density at radius 1 is 1.16 bits per heavy atom. The van der Waals surface area contributed by atoms with E-state index in [4.69, 9.17) is 0 Å². The summed E-state index contributed by atoms with van der Waals surface area (Å²) in [5, 5.41) is 17.9. The lowest BCUT2D eigenvalue weighted by atomic mass is 9.65. The summed E-state index contributed by atoms with van der Waals surface area (Å²) in [6, 6.07) is 9.76. The highest BCUT2D eigenvalue weighted by molar-refractivity contribution is 5.95. The van der Waals surface area contributed by atoms with Crippen molar-refractivity contribution in [3.63, 3.8) is 0 Å². The van der Waals surface area contributed by atoms with Crippen LogP contribution in [-0.4, -0.2) is 32.6 Å². The number of carbonyl (C=O) groups is 1. The van der Waals surface area contributed by atoms with Gasteiger partial charge < -0.3 is 10.4 Å². The number of carbonyl (C=O) groups excluding carboxylic acids is 1. The highest BCUT2D eigenvalue weighted by atomic mass is 19.4. The monoisotopic (exact) mass is 517 g/mol. The van der Waals surface area contributed by atoms with Gasteiger partial charge in [-0.25, -0.2) is 13.5 Å². The topological polar surface area (TPSA) is 67.2 Å². The first-order valence-electron chi connectivity index (χ1n) is 11.8. The van der Waals surface area contributed by atoms with E-state index in [0.29, 0.717) is 24.9 Å². The molecule has 1 heterocycles. The molecule has 1 saturated carbocycles. The summed E-state index contributed by atoms with van der Waals surface area (Å²) in [5.41, 5.74) is 1.23. The number of fused-ring (bicyclic) bond motifs is 2. The van der Waals surface area contributed by atoms with Gasteiger partial charge in [0.15, 0.2) is 0 Å². The smallest absolute Gasteiger partial charge is 0.389 e. The van der Waals surface area contributed by atoms with E-state index in [2.05, 4.69) is 5.10 Å². The molecular weight excluding hydrogens is 493 g/mol. The maximum atomic E-state index is 14.4. The molecule has 0 unspecified atom stereocenters. The third-order valence-electron chi connectivity index (χ3n) is 7.76. The Kier molecular flexibility index (Phi) is 5.97. The Morgan fingerprint density at radius 3 is 2.59 bits per heavy atom. The van der Waals surface area contributed by atoms with E-state index in [1.807, 2.05) is 13.0 Å². The Balaban J connectivity index is 1.40. The lowest BCUT2D eigenvalue weighted by Gasteiger charge is -2.42. The first kappa shape index (κ1) is 25.1. The summed E-state index contributed by atoms with van der Waals surface area (Å²) in [4.78, 5) is 11.5. The fraction of sp³-hybridized carbons (Fsp3) is 0.333. The van der Waals surface area contributed by atoms with E-state index >= 15 is 0 Å². The second-order valence-corrected chi connectivity index (χ2v) is 9.88. The molecule has 2 aliphatic rings. The van der Waals surface area contributed by atoms with Gasteiger partial charge in [0.2, 0.25) is 0 Å². The molecule has 1 fully saturated rings. The number of halogens is 5. The van der Waals surface area contributed by atoms with Crippen LogP contribution in [0.4, 0.5) is 27.6 Å². The fourth-order valence-electron chi connectivity index (χ4n) is 5.56. The lowest BCUT2D eigenvalue weighted by Crippen LogP contribution is -2.45. The van der Waals surface area contributed by atoms with Crippen molar-refractivity contribution in [1.82, 2.24) is 9.78 Å². The predicted octanol–water partition coefficient (Wildman–Crippen LogP) is 5.75. The van der Waals surface area contributed by atoms with Crippen LogP contribution < -0.4 is 5.32 Å². The highest BCUT2D eigenvalue weighted by Gasteiger charge is 2.54. The summed E-state index contributed by atoms with van der Waals surface area (Å²) in [5.74, 6) is -3.58. The van der Waals surface area contributed by atoms with E-state index in [1.54, 1.807) is 28.3 Å².